The van der Waals surface area contributed by atoms with E-state index in [-0.39, 0.29) is 19.6 Å². The number of carbonyl (C=O) groups is 3. The third kappa shape index (κ3) is 8.85. The van der Waals surface area contributed by atoms with Gasteiger partial charge in [-0.25, -0.2) is 0 Å². The fourth-order valence-electron chi connectivity index (χ4n) is 2.60. The zero-order chi connectivity index (χ0) is 21.5. The summed E-state index contributed by atoms with van der Waals surface area (Å²) in [5.74, 6) is -1.79. The number of hydrogen-bond acceptors (Lipinski definition) is 4. The number of rotatable bonds is 8. The lowest BCUT2D eigenvalue weighted by molar-refractivity contribution is -0.139. The third-order valence-corrected chi connectivity index (χ3v) is 3.70. The van der Waals surface area contributed by atoms with E-state index in [9.17, 15) is 27.6 Å². The van der Waals surface area contributed by atoms with Crippen molar-refractivity contribution in [3.05, 3.63) is 28.8 Å². The van der Waals surface area contributed by atoms with Crippen LogP contribution < -0.4 is 16.0 Å². The normalized spacial score (nSPS) is 11.3. The molecule has 7 nitrogen and oxygen atoms in total. The van der Waals surface area contributed by atoms with Gasteiger partial charge in [0.15, 0.2) is 0 Å². The Labute approximate surface area is 161 Å². The second-order valence-electron chi connectivity index (χ2n) is 6.66. The van der Waals surface area contributed by atoms with Crippen LogP contribution in [0.25, 0.3) is 0 Å². The molecule has 0 aliphatic heterocycles. The van der Waals surface area contributed by atoms with E-state index in [1.165, 1.54) is 11.9 Å². The van der Waals surface area contributed by atoms with Gasteiger partial charge in [-0.3, -0.25) is 19.3 Å². The summed E-state index contributed by atoms with van der Waals surface area (Å²) >= 11 is 0. The molecule has 0 saturated heterocycles. The largest absolute Gasteiger partial charge is 0.405 e. The molecule has 0 fully saturated rings. The highest BCUT2D eigenvalue weighted by atomic mass is 19.4. The number of carbonyl (C=O) groups excluding carboxylic acids is 3. The van der Waals surface area contributed by atoms with E-state index in [1.807, 2.05) is 32.9 Å². The number of aryl methyl sites for hydroxylation is 3. The number of amides is 3. The van der Waals surface area contributed by atoms with Gasteiger partial charge in [-0.05, 0) is 38.9 Å². The third-order valence-electron chi connectivity index (χ3n) is 3.70. The van der Waals surface area contributed by atoms with E-state index in [0.29, 0.717) is 5.69 Å². The lowest BCUT2D eigenvalue weighted by atomic mass is 10.1. The van der Waals surface area contributed by atoms with Gasteiger partial charge in [-0.1, -0.05) is 17.7 Å². The summed E-state index contributed by atoms with van der Waals surface area (Å²) in [6, 6.07) is 3.86. The molecule has 0 aliphatic rings. The van der Waals surface area contributed by atoms with Crippen molar-refractivity contribution in [1.29, 1.82) is 0 Å². The predicted octanol–water partition coefficient (Wildman–Crippen LogP) is 1.28. The standard InChI is InChI=1S/C18H25F3N4O3/c1-11-5-12(2)17(13(3)6-11)24-14(26)7-22-15(27)8-25(4)9-16(28)23-10-18(19,20)21/h5-6H,7-10H2,1-4H3,(H,22,27)(H,23,28)(H,24,26). The number of nitrogens with one attached hydrogen (secondary N) is 3. The van der Waals surface area contributed by atoms with Crippen LogP contribution in [0.5, 0.6) is 0 Å². The van der Waals surface area contributed by atoms with E-state index in [1.54, 1.807) is 5.32 Å². The molecule has 0 aromatic heterocycles. The Morgan fingerprint density at radius 1 is 0.929 bits per heavy atom. The SMILES string of the molecule is Cc1cc(C)c(NC(=O)CNC(=O)CN(C)CC(=O)NCC(F)(F)F)c(C)c1. The van der Waals surface area contributed by atoms with Crippen molar-refractivity contribution in [3.63, 3.8) is 0 Å². The Balaban J connectivity index is 2.39. The molecule has 1 aromatic carbocycles. The molecule has 10 heteroatoms. The molecule has 3 N–H and O–H groups in total. The molecule has 156 valence electrons. The van der Waals surface area contributed by atoms with Crippen LogP contribution in [-0.2, 0) is 14.4 Å². The van der Waals surface area contributed by atoms with Crippen LogP contribution >= 0.6 is 0 Å². The van der Waals surface area contributed by atoms with Gasteiger partial charge in [0.2, 0.25) is 17.7 Å². The van der Waals surface area contributed by atoms with Gasteiger partial charge in [0.1, 0.15) is 6.54 Å². The second-order valence-corrected chi connectivity index (χ2v) is 6.66. The van der Waals surface area contributed by atoms with Crippen LogP contribution in [0.1, 0.15) is 16.7 Å². The van der Waals surface area contributed by atoms with Crippen molar-refractivity contribution >= 4 is 23.4 Å². The maximum Gasteiger partial charge on any atom is 0.405 e. The molecule has 1 aromatic rings. The van der Waals surface area contributed by atoms with Crippen molar-refractivity contribution in [2.75, 3.05) is 38.5 Å². The number of benzene rings is 1. The van der Waals surface area contributed by atoms with Crippen molar-refractivity contribution in [3.8, 4) is 0 Å². The van der Waals surface area contributed by atoms with Crippen LogP contribution in [-0.4, -0.2) is 62.0 Å². The van der Waals surface area contributed by atoms with Gasteiger partial charge in [-0.15, -0.1) is 0 Å². The lowest BCUT2D eigenvalue weighted by Gasteiger charge is -2.17. The first-order valence-corrected chi connectivity index (χ1v) is 8.54. The number of anilines is 1. The van der Waals surface area contributed by atoms with Gasteiger partial charge in [-0.2, -0.15) is 13.2 Å². The quantitative estimate of drug-likeness (QED) is 0.611. The van der Waals surface area contributed by atoms with Crippen LogP contribution in [0, 0.1) is 20.8 Å². The molecule has 0 unspecified atom stereocenters. The van der Waals surface area contributed by atoms with E-state index in [0.717, 1.165) is 16.7 Å². The Bertz CT molecular complexity index is 712. The first-order chi connectivity index (χ1) is 12.9. The van der Waals surface area contributed by atoms with Gasteiger partial charge in [0.25, 0.3) is 0 Å². The predicted molar refractivity (Wildman–Crippen MR) is 98.9 cm³/mol. The number of alkyl halides is 3. The van der Waals surface area contributed by atoms with E-state index < -0.39 is 30.4 Å². The molecule has 0 bridgehead atoms. The highest BCUT2D eigenvalue weighted by Crippen LogP contribution is 2.21. The summed E-state index contributed by atoms with van der Waals surface area (Å²) in [6.45, 7) is 3.38. The summed E-state index contributed by atoms with van der Waals surface area (Å²) < 4.78 is 36.1. The maximum atomic E-state index is 12.0. The molecule has 0 atom stereocenters. The molecule has 0 heterocycles. The minimum Gasteiger partial charge on any atom is -0.346 e. The molecule has 0 radical (unpaired) electrons. The molecule has 0 aliphatic carbocycles. The minimum absolute atomic E-state index is 0.241. The highest BCUT2D eigenvalue weighted by Gasteiger charge is 2.27. The van der Waals surface area contributed by atoms with Crippen LogP contribution in [0.2, 0.25) is 0 Å². The van der Waals surface area contributed by atoms with Gasteiger partial charge < -0.3 is 16.0 Å². The van der Waals surface area contributed by atoms with Crippen molar-refractivity contribution in [2.45, 2.75) is 26.9 Å². The van der Waals surface area contributed by atoms with Crippen molar-refractivity contribution in [2.24, 2.45) is 0 Å². The van der Waals surface area contributed by atoms with Gasteiger partial charge in [0, 0.05) is 5.69 Å². The molecular formula is C18H25F3N4O3. The number of halogens is 3. The van der Waals surface area contributed by atoms with E-state index >= 15 is 0 Å². The number of hydrogen-bond donors (Lipinski definition) is 3. The summed E-state index contributed by atoms with van der Waals surface area (Å²) in [6.07, 6.45) is -4.49. The van der Waals surface area contributed by atoms with E-state index in [4.69, 9.17) is 0 Å². The zero-order valence-electron chi connectivity index (χ0n) is 16.3. The number of nitrogens with zero attached hydrogens (tertiary/aromatic N) is 1. The lowest BCUT2D eigenvalue weighted by Crippen LogP contribution is -2.44. The van der Waals surface area contributed by atoms with Gasteiger partial charge in [0.05, 0.1) is 19.6 Å². The Hall–Kier alpha value is -2.62. The smallest absolute Gasteiger partial charge is 0.346 e. The van der Waals surface area contributed by atoms with Crippen LogP contribution in [0.3, 0.4) is 0 Å². The van der Waals surface area contributed by atoms with Crippen LogP contribution in [0.4, 0.5) is 18.9 Å². The first-order valence-electron chi connectivity index (χ1n) is 8.54. The topological polar surface area (TPSA) is 90.5 Å². The van der Waals surface area contributed by atoms with Gasteiger partial charge >= 0.3 is 6.18 Å². The second kappa shape index (κ2) is 10.1. The molecule has 3 amide bonds. The Morgan fingerprint density at radius 2 is 1.43 bits per heavy atom. The molecule has 0 saturated carbocycles. The fourth-order valence-corrected chi connectivity index (χ4v) is 2.60. The summed E-state index contributed by atoms with van der Waals surface area (Å²) in [5, 5.41) is 6.87. The first kappa shape index (κ1) is 23.4. The van der Waals surface area contributed by atoms with Crippen molar-refractivity contribution in [1.82, 2.24) is 15.5 Å². The van der Waals surface area contributed by atoms with Crippen molar-refractivity contribution < 1.29 is 27.6 Å². The maximum absolute atomic E-state index is 12.0. The zero-order valence-corrected chi connectivity index (χ0v) is 16.3. The monoisotopic (exact) mass is 402 g/mol. The fraction of sp³-hybridized carbons (Fsp3) is 0.500. The van der Waals surface area contributed by atoms with E-state index in [2.05, 4.69) is 10.6 Å². The summed E-state index contributed by atoms with van der Waals surface area (Å²) in [4.78, 5) is 36.5. The Kier molecular flexibility index (Phi) is 8.42. The summed E-state index contributed by atoms with van der Waals surface area (Å²) in [5.41, 5.74) is 3.57. The average molecular weight is 402 g/mol. The minimum atomic E-state index is -4.49. The summed E-state index contributed by atoms with van der Waals surface area (Å²) in [7, 11) is 1.41. The molecular weight excluding hydrogens is 377 g/mol. The average Bonchev–Trinajstić information content (AvgIpc) is 2.53. The number of likely N-dealkylation sites (N-methyl/N-ethyl adjacent to an activating group) is 1. The van der Waals surface area contributed by atoms with Crippen LogP contribution in [0.15, 0.2) is 12.1 Å². The molecule has 28 heavy (non-hydrogen) atoms. The Morgan fingerprint density at radius 3 is 1.93 bits per heavy atom. The highest BCUT2D eigenvalue weighted by molar-refractivity contribution is 5.96. The molecule has 1 rings (SSSR count). The molecule has 0 spiro atoms.